The van der Waals surface area contributed by atoms with Gasteiger partial charge in [0.2, 0.25) is 5.91 Å². The van der Waals surface area contributed by atoms with Crippen molar-refractivity contribution < 1.29 is 9.53 Å². The van der Waals surface area contributed by atoms with Gasteiger partial charge < -0.3 is 9.64 Å². The summed E-state index contributed by atoms with van der Waals surface area (Å²) in [4.78, 5) is 25.6. The lowest BCUT2D eigenvalue weighted by Crippen LogP contribution is -2.45. The average Bonchev–Trinajstić information content (AvgIpc) is 3.55. The van der Waals surface area contributed by atoms with E-state index in [1.165, 1.54) is 0 Å². The molecule has 1 aromatic heterocycles. The topological polar surface area (TPSA) is 55.3 Å². The highest BCUT2D eigenvalue weighted by molar-refractivity contribution is 5.89. The molecule has 1 aliphatic heterocycles. The van der Waals surface area contributed by atoms with Crippen LogP contribution < -0.4 is 4.74 Å². The van der Waals surface area contributed by atoms with Crippen LogP contribution >= 0.6 is 0 Å². The van der Waals surface area contributed by atoms with Crippen LogP contribution in [0.1, 0.15) is 55.8 Å². The number of hydrogen-bond donors (Lipinski definition) is 0. The largest absolute Gasteiger partial charge is 0.497 e. The first-order valence-corrected chi connectivity index (χ1v) is 11.6. The quantitative estimate of drug-likeness (QED) is 0.552. The lowest BCUT2D eigenvalue weighted by atomic mass is 9.77. The maximum absolute atomic E-state index is 14.1. The second-order valence-corrected chi connectivity index (χ2v) is 8.85. The molecule has 0 bridgehead atoms. The van der Waals surface area contributed by atoms with Crippen molar-refractivity contribution >= 4 is 5.91 Å². The third kappa shape index (κ3) is 3.66. The minimum atomic E-state index is -0.440. The molecule has 2 fully saturated rings. The van der Waals surface area contributed by atoms with E-state index in [2.05, 4.69) is 22.0 Å². The molecule has 1 saturated heterocycles. The van der Waals surface area contributed by atoms with Crippen molar-refractivity contribution in [3.63, 3.8) is 0 Å². The van der Waals surface area contributed by atoms with Gasteiger partial charge in [-0.05, 0) is 49.4 Å². The Kier molecular flexibility index (Phi) is 5.64. The van der Waals surface area contributed by atoms with E-state index in [4.69, 9.17) is 9.72 Å². The molecule has 2 aliphatic rings. The number of carbonyl (C=O) groups is 1. The van der Waals surface area contributed by atoms with Gasteiger partial charge in [-0.3, -0.25) is 4.79 Å². The van der Waals surface area contributed by atoms with Gasteiger partial charge >= 0.3 is 0 Å². The number of nitrogens with zero attached hydrogens (tertiary/aromatic N) is 3. The number of carbonyl (C=O) groups excluding carboxylic acids is 1. The van der Waals surface area contributed by atoms with Gasteiger partial charge in [0.05, 0.1) is 24.3 Å². The van der Waals surface area contributed by atoms with Crippen molar-refractivity contribution in [2.75, 3.05) is 13.7 Å². The highest BCUT2D eigenvalue weighted by atomic mass is 16.5. The van der Waals surface area contributed by atoms with Gasteiger partial charge in [-0.2, -0.15) is 0 Å². The number of methoxy groups -OCH3 is 1. The molecule has 2 aromatic carbocycles. The van der Waals surface area contributed by atoms with Crippen molar-refractivity contribution in [1.29, 1.82) is 0 Å². The lowest BCUT2D eigenvalue weighted by Gasteiger charge is -2.36. The fourth-order valence-corrected chi connectivity index (χ4v) is 5.39. The van der Waals surface area contributed by atoms with Crippen LogP contribution in [0.5, 0.6) is 5.75 Å². The van der Waals surface area contributed by atoms with Gasteiger partial charge in [-0.15, -0.1) is 0 Å². The summed E-state index contributed by atoms with van der Waals surface area (Å²) in [6.45, 7) is 0.784. The molecule has 0 N–H and O–H groups in total. The van der Waals surface area contributed by atoms with Crippen LogP contribution in [0.15, 0.2) is 66.9 Å². The third-order valence-electron chi connectivity index (χ3n) is 7.07. The van der Waals surface area contributed by atoms with Gasteiger partial charge in [0.25, 0.3) is 0 Å². The van der Waals surface area contributed by atoms with Crippen LogP contribution in [-0.4, -0.2) is 34.4 Å². The molecule has 5 heteroatoms. The molecule has 1 amide bonds. The number of ether oxygens (including phenoxy) is 1. The predicted molar refractivity (Wildman–Crippen MR) is 124 cm³/mol. The van der Waals surface area contributed by atoms with Gasteiger partial charge in [-0.25, -0.2) is 9.97 Å². The van der Waals surface area contributed by atoms with Crippen LogP contribution in [-0.2, 0) is 10.2 Å². The molecule has 1 aliphatic carbocycles. The first kappa shape index (κ1) is 20.7. The number of aromatic nitrogens is 2. The molecule has 2 heterocycles. The lowest BCUT2D eigenvalue weighted by molar-refractivity contribution is -0.138. The molecule has 164 valence electrons. The Morgan fingerprint density at radius 2 is 1.75 bits per heavy atom. The highest BCUT2D eigenvalue weighted by Gasteiger charge is 2.47. The normalized spacial score (nSPS) is 19.8. The molecule has 1 unspecified atom stereocenters. The summed E-state index contributed by atoms with van der Waals surface area (Å²) >= 11 is 0. The van der Waals surface area contributed by atoms with Gasteiger partial charge in [0.1, 0.15) is 5.75 Å². The second-order valence-electron chi connectivity index (χ2n) is 8.85. The molecular weight excluding hydrogens is 398 g/mol. The molecule has 1 atom stereocenters. The minimum absolute atomic E-state index is 0.00341. The Morgan fingerprint density at radius 1 is 1.00 bits per heavy atom. The number of benzene rings is 2. The molecule has 5 nitrogen and oxygen atoms in total. The van der Waals surface area contributed by atoms with Crippen molar-refractivity contribution in [1.82, 2.24) is 14.9 Å². The zero-order chi connectivity index (χ0) is 22.0. The van der Waals surface area contributed by atoms with Gasteiger partial charge in [-0.1, -0.05) is 55.3 Å². The minimum Gasteiger partial charge on any atom is -0.497 e. The summed E-state index contributed by atoms with van der Waals surface area (Å²) in [5.41, 5.74) is 2.60. The van der Waals surface area contributed by atoms with Crippen LogP contribution in [0.3, 0.4) is 0 Å². The summed E-state index contributed by atoms with van der Waals surface area (Å²) in [6, 6.07) is 20.1. The van der Waals surface area contributed by atoms with Gasteiger partial charge in [0.15, 0.2) is 5.82 Å². The van der Waals surface area contributed by atoms with Crippen LogP contribution in [0.2, 0.25) is 0 Å². The molecule has 5 rings (SSSR count). The standard InChI is InChI=1S/C27H29N3O2/c1-32-22-13-11-21(12-14-22)27(16-5-6-17-27)26(31)30-19-7-10-24(30)23-15-18-28-25(29-23)20-8-3-2-4-9-20/h2-4,8-9,11-15,18,24H,5-7,10,16-17,19H2,1H3. The van der Waals surface area contributed by atoms with Crippen LogP contribution in [0.4, 0.5) is 0 Å². The third-order valence-corrected chi connectivity index (χ3v) is 7.07. The first-order chi connectivity index (χ1) is 15.7. The number of likely N-dealkylation sites (tertiary alicyclic amines) is 1. The number of rotatable bonds is 5. The average molecular weight is 428 g/mol. The van der Waals surface area contributed by atoms with E-state index < -0.39 is 5.41 Å². The molecule has 0 spiro atoms. The Balaban J connectivity index is 1.46. The fraction of sp³-hybridized carbons (Fsp3) is 0.370. The van der Waals surface area contributed by atoms with E-state index in [0.717, 1.165) is 67.6 Å². The summed E-state index contributed by atoms with van der Waals surface area (Å²) < 4.78 is 5.34. The summed E-state index contributed by atoms with van der Waals surface area (Å²) in [7, 11) is 1.67. The highest BCUT2D eigenvalue weighted by Crippen LogP contribution is 2.46. The van der Waals surface area contributed by atoms with Crippen LogP contribution in [0, 0.1) is 0 Å². The monoisotopic (exact) mass is 427 g/mol. The zero-order valence-corrected chi connectivity index (χ0v) is 18.5. The first-order valence-electron chi connectivity index (χ1n) is 11.6. The Morgan fingerprint density at radius 3 is 2.47 bits per heavy atom. The number of hydrogen-bond acceptors (Lipinski definition) is 4. The Bertz CT molecular complexity index is 1080. The maximum Gasteiger partial charge on any atom is 0.233 e. The fourth-order valence-electron chi connectivity index (χ4n) is 5.39. The second kappa shape index (κ2) is 8.73. The van der Waals surface area contributed by atoms with E-state index in [-0.39, 0.29) is 11.9 Å². The number of amides is 1. The molecule has 3 aromatic rings. The van der Waals surface area contributed by atoms with Crippen molar-refractivity contribution in [2.24, 2.45) is 0 Å². The smallest absolute Gasteiger partial charge is 0.233 e. The van der Waals surface area contributed by atoms with Gasteiger partial charge in [0, 0.05) is 18.3 Å². The summed E-state index contributed by atoms with van der Waals surface area (Å²) in [5.74, 6) is 1.79. The maximum atomic E-state index is 14.1. The van der Waals surface area contributed by atoms with E-state index >= 15 is 0 Å². The Labute approximate surface area is 189 Å². The predicted octanol–water partition coefficient (Wildman–Crippen LogP) is 5.33. The van der Waals surface area contributed by atoms with Crippen molar-refractivity contribution in [3.8, 4) is 17.1 Å². The SMILES string of the molecule is COc1ccc(C2(C(=O)N3CCCC3c3ccnc(-c4ccccc4)n3)CCCC2)cc1. The van der Waals surface area contributed by atoms with Crippen molar-refractivity contribution in [3.05, 3.63) is 78.1 Å². The van der Waals surface area contributed by atoms with Crippen molar-refractivity contribution in [2.45, 2.75) is 50.0 Å². The molecule has 0 radical (unpaired) electrons. The van der Waals surface area contributed by atoms with E-state index in [1.807, 2.05) is 54.7 Å². The summed E-state index contributed by atoms with van der Waals surface area (Å²) in [6.07, 6.45) is 7.74. The molecule has 32 heavy (non-hydrogen) atoms. The summed E-state index contributed by atoms with van der Waals surface area (Å²) in [5, 5.41) is 0. The Hall–Kier alpha value is -3.21. The van der Waals surface area contributed by atoms with Crippen LogP contribution in [0.25, 0.3) is 11.4 Å². The van der Waals surface area contributed by atoms with E-state index in [9.17, 15) is 4.79 Å². The zero-order valence-electron chi connectivity index (χ0n) is 18.5. The molecular formula is C27H29N3O2. The van der Waals surface area contributed by atoms with E-state index in [0.29, 0.717) is 5.82 Å². The molecule has 1 saturated carbocycles. The van der Waals surface area contributed by atoms with E-state index in [1.54, 1.807) is 7.11 Å².